The quantitative estimate of drug-likeness (QED) is 0.839. The van der Waals surface area contributed by atoms with Crippen LogP contribution in [0.25, 0.3) is 0 Å². The van der Waals surface area contributed by atoms with Gasteiger partial charge in [-0.1, -0.05) is 17.7 Å². The van der Waals surface area contributed by atoms with Crippen LogP contribution in [0.1, 0.15) is 16.9 Å². The van der Waals surface area contributed by atoms with Crippen LogP contribution in [0, 0.1) is 0 Å². The van der Waals surface area contributed by atoms with E-state index in [2.05, 4.69) is 4.98 Å². The number of amides is 1. The number of halogens is 1. The van der Waals surface area contributed by atoms with Crippen molar-refractivity contribution in [1.29, 1.82) is 0 Å². The molecule has 0 radical (unpaired) electrons. The van der Waals surface area contributed by atoms with Crippen LogP contribution in [0.5, 0.6) is 0 Å². The predicted octanol–water partition coefficient (Wildman–Crippen LogP) is 1.05. The predicted molar refractivity (Wildman–Crippen MR) is 67.1 cm³/mol. The molecule has 1 aromatic rings. The largest absolute Gasteiger partial charge is 0.481 e. The summed E-state index contributed by atoms with van der Waals surface area (Å²) in [4.78, 5) is 28.5. The van der Waals surface area contributed by atoms with E-state index in [0.29, 0.717) is 13.2 Å². The Morgan fingerprint density at radius 2 is 2.32 bits per heavy atom. The Bertz CT molecular complexity index is 494. The van der Waals surface area contributed by atoms with Gasteiger partial charge in [0.05, 0.1) is 25.7 Å². The van der Waals surface area contributed by atoms with E-state index in [1.807, 2.05) is 0 Å². The second kappa shape index (κ2) is 5.99. The van der Waals surface area contributed by atoms with Crippen molar-refractivity contribution in [3.8, 4) is 0 Å². The van der Waals surface area contributed by atoms with Crippen molar-refractivity contribution in [2.75, 3.05) is 19.8 Å². The smallest absolute Gasteiger partial charge is 0.305 e. The molecule has 7 heteroatoms. The molecule has 1 aliphatic heterocycles. The van der Waals surface area contributed by atoms with Crippen molar-refractivity contribution in [3.05, 3.63) is 29.0 Å². The van der Waals surface area contributed by atoms with Gasteiger partial charge in [0, 0.05) is 6.54 Å². The third-order valence-electron chi connectivity index (χ3n) is 2.83. The van der Waals surface area contributed by atoms with Crippen molar-refractivity contribution in [3.63, 3.8) is 0 Å². The van der Waals surface area contributed by atoms with Crippen molar-refractivity contribution < 1.29 is 19.4 Å². The average Bonchev–Trinajstić information content (AvgIpc) is 2.38. The lowest BCUT2D eigenvalue weighted by Gasteiger charge is -2.34. The number of morpholine rings is 1. The lowest BCUT2D eigenvalue weighted by molar-refractivity contribution is -0.139. The third kappa shape index (κ3) is 3.42. The van der Waals surface area contributed by atoms with Crippen LogP contribution in [0.3, 0.4) is 0 Å². The highest BCUT2D eigenvalue weighted by Crippen LogP contribution is 2.15. The third-order valence-corrected chi connectivity index (χ3v) is 3.04. The maximum absolute atomic E-state index is 12.3. The van der Waals surface area contributed by atoms with Crippen molar-refractivity contribution in [2.24, 2.45) is 0 Å². The van der Waals surface area contributed by atoms with Gasteiger partial charge < -0.3 is 14.7 Å². The number of aliphatic carboxylic acids is 1. The van der Waals surface area contributed by atoms with E-state index in [-0.39, 0.29) is 29.8 Å². The molecule has 0 aromatic carbocycles. The standard InChI is InChI=1S/C12H13ClN2O4/c13-10-3-1-2-9(14-10)12(18)15-4-5-19-7-8(15)6-11(16)17/h1-3,8H,4-7H2,(H,16,17). The monoisotopic (exact) mass is 284 g/mol. The summed E-state index contributed by atoms with van der Waals surface area (Å²) in [6.45, 7) is 0.964. The van der Waals surface area contributed by atoms with Crippen LogP contribution in [-0.2, 0) is 9.53 Å². The van der Waals surface area contributed by atoms with Gasteiger partial charge in [0.15, 0.2) is 0 Å². The molecule has 2 heterocycles. The number of carbonyl (C=O) groups is 2. The van der Waals surface area contributed by atoms with Gasteiger partial charge in [-0.2, -0.15) is 0 Å². The fourth-order valence-electron chi connectivity index (χ4n) is 1.97. The summed E-state index contributed by atoms with van der Waals surface area (Å²) in [6.07, 6.45) is -0.147. The Labute approximate surface area is 114 Å². The van der Waals surface area contributed by atoms with Gasteiger partial charge in [-0.15, -0.1) is 0 Å². The van der Waals surface area contributed by atoms with E-state index < -0.39 is 12.0 Å². The van der Waals surface area contributed by atoms with E-state index in [9.17, 15) is 9.59 Å². The van der Waals surface area contributed by atoms with Crippen LogP contribution in [-0.4, -0.2) is 52.7 Å². The molecule has 1 aromatic heterocycles. The van der Waals surface area contributed by atoms with Gasteiger partial charge in [-0.3, -0.25) is 9.59 Å². The van der Waals surface area contributed by atoms with Gasteiger partial charge >= 0.3 is 5.97 Å². The second-order valence-corrected chi connectivity index (χ2v) is 4.56. The van der Waals surface area contributed by atoms with E-state index >= 15 is 0 Å². The highest BCUT2D eigenvalue weighted by Gasteiger charge is 2.30. The zero-order valence-electron chi connectivity index (χ0n) is 10.1. The number of carbonyl (C=O) groups excluding carboxylic acids is 1. The van der Waals surface area contributed by atoms with Crippen molar-refractivity contribution >= 4 is 23.5 Å². The molecule has 0 saturated carbocycles. The Morgan fingerprint density at radius 3 is 3.00 bits per heavy atom. The summed E-state index contributed by atoms with van der Waals surface area (Å²) in [6, 6.07) is 4.29. The van der Waals surface area contributed by atoms with Crippen LogP contribution in [0.15, 0.2) is 18.2 Å². The molecule has 1 aliphatic rings. The van der Waals surface area contributed by atoms with Crippen molar-refractivity contribution in [1.82, 2.24) is 9.88 Å². The molecular weight excluding hydrogens is 272 g/mol. The minimum Gasteiger partial charge on any atom is -0.481 e. The van der Waals surface area contributed by atoms with Crippen LogP contribution in [0.2, 0.25) is 5.15 Å². The number of hydrogen-bond acceptors (Lipinski definition) is 4. The summed E-state index contributed by atoms with van der Waals surface area (Å²) < 4.78 is 5.22. The topological polar surface area (TPSA) is 79.7 Å². The van der Waals surface area contributed by atoms with Gasteiger partial charge in [0.1, 0.15) is 10.8 Å². The molecule has 0 spiro atoms. The van der Waals surface area contributed by atoms with E-state index in [0.717, 1.165) is 0 Å². The number of carboxylic acid groups (broad SMARTS) is 1. The molecule has 0 aliphatic carbocycles. The zero-order chi connectivity index (χ0) is 13.8. The summed E-state index contributed by atoms with van der Waals surface area (Å²) in [5.41, 5.74) is 0.213. The Morgan fingerprint density at radius 1 is 1.53 bits per heavy atom. The van der Waals surface area contributed by atoms with Crippen LogP contribution < -0.4 is 0 Å². The lowest BCUT2D eigenvalue weighted by Crippen LogP contribution is -2.49. The summed E-state index contributed by atoms with van der Waals surface area (Å²) in [5, 5.41) is 9.08. The maximum Gasteiger partial charge on any atom is 0.305 e. The summed E-state index contributed by atoms with van der Waals surface area (Å²) >= 11 is 5.75. The fraction of sp³-hybridized carbons (Fsp3) is 0.417. The first-order valence-electron chi connectivity index (χ1n) is 5.81. The highest BCUT2D eigenvalue weighted by molar-refractivity contribution is 6.29. The van der Waals surface area contributed by atoms with Gasteiger partial charge in [-0.05, 0) is 12.1 Å². The molecule has 1 unspecified atom stereocenters. The Balaban J connectivity index is 2.17. The highest BCUT2D eigenvalue weighted by atomic mass is 35.5. The first kappa shape index (κ1) is 13.8. The SMILES string of the molecule is O=C(O)CC1COCCN1C(=O)c1cccc(Cl)n1. The molecule has 0 bridgehead atoms. The first-order valence-corrected chi connectivity index (χ1v) is 6.19. The van der Waals surface area contributed by atoms with Gasteiger partial charge in [0.25, 0.3) is 5.91 Å². The zero-order valence-corrected chi connectivity index (χ0v) is 10.8. The molecule has 19 heavy (non-hydrogen) atoms. The number of hydrogen-bond donors (Lipinski definition) is 1. The number of rotatable bonds is 3. The van der Waals surface area contributed by atoms with E-state index in [4.69, 9.17) is 21.4 Å². The Kier molecular flexibility index (Phi) is 4.34. The molecule has 1 saturated heterocycles. The number of carboxylic acids is 1. The Hall–Kier alpha value is -1.66. The number of pyridine rings is 1. The van der Waals surface area contributed by atoms with E-state index in [1.165, 1.54) is 4.90 Å². The molecule has 1 atom stereocenters. The molecule has 102 valence electrons. The number of ether oxygens (including phenoxy) is 1. The van der Waals surface area contributed by atoms with Crippen LogP contribution in [0.4, 0.5) is 0 Å². The fourth-order valence-corrected chi connectivity index (χ4v) is 2.13. The number of aromatic nitrogens is 1. The summed E-state index contributed by atoms with van der Waals surface area (Å²) in [7, 11) is 0. The number of nitrogens with zero attached hydrogens (tertiary/aromatic N) is 2. The lowest BCUT2D eigenvalue weighted by atomic mass is 10.1. The average molecular weight is 285 g/mol. The molecule has 2 rings (SSSR count). The van der Waals surface area contributed by atoms with Gasteiger partial charge in [-0.25, -0.2) is 4.98 Å². The maximum atomic E-state index is 12.3. The first-order chi connectivity index (χ1) is 9.08. The molecular formula is C12H13ClN2O4. The van der Waals surface area contributed by atoms with Crippen molar-refractivity contribution in [2.45, 2.75) is 12.5 Å². The molecule has 1 fully saturated rings. The summed E-state index contributed by atoms with van der Waals surface area (Å²) in [5.74, 6) is -1.29. The molecule has 6 nitrogen and oxygen atoms in total. The minimum atomic E-state index is -0.965. The normalized spacial score (nSPS) is 19.2. The molecule has 1 amide bonds. The minimum absolute atomic E-state index is 0.147. The van der Waals surface area contributed by atoms with Gasteiger partial charge in [0.2, 0.25) is 0 Å². The van der Waals surface area contributed by atoms with Crippen LogP contribution >= 0.6 is 11.6 Å². The van der Waals surface area contributed by atoms with E-state index in [1.54, 1.807) is 18.2 Å². The second-order valence-electron chi connectivity index (χ2n) is 4.17. The molecule has 1 N–H and O–H groups in total.